The molecule has 1 aliphatic heterocycles. The van der Waals surface area contributed by atoms with Crippen LogP contribution >= 0.6 is 0 Å². The van der Waals surface area contributed by atoms with Gasteiger partial charge < -0.3 is 9.75 Å². The molecule has 8 heteroatoms. The SMILES string of the molecule is CCCCN1NC(Cc2ccc(-c3ccccc3-c3nnn(C(c4ccccc4)(c4ccccc4)c4ccccc4)n3)cc2)C(C(=O)OCC)=C1c1ccccc1. The summed E-state index contributed by atoms with van der Waals surface area (Å²) in [4.78, 5) is 15.4. The van der Waals surface area contributed by atoms with Crippen molar-refractivity contribution in [1.82, 2.24) is 30.6 Å². The first-order valence-corrected chi connectivity index (χ1v) is 19.8. The highest BCUT2D eigenvalue weighted by atomic mass is 16.5. The topological polar surface area (TPSA) is 85.2 Å². The first-order valence-electron chi connectivity index (χ1n) is 19.8. The Kier molecular flexibility index (Phi) is 11.1. The largest absolute Gasteiger partial charge is 0.463 e. The summed E-state index contributed by atoms with van der Waals surface area (Å²) in [7, 11) is 0. The van der Waals surface area contributed by atoms with Crippen molar-refractivity contribution in [3.05, 3.63) is 203 Å². The van der Waals surface area contributed by atoms with E-state index in [-0.39, 0.29) is 12.0 Å². The van der Waals surface area contributed by atoms with E-state index >= 15 is 0 Å². The zero-order valence-electron chi connectivity index (χ0n) is 32.3. The first kappa shape index (κ1) is 37.3. The summed E-state index contributed by atoms with van der Waals surface area (Å²) in [6.45, 7) is 5.13. The monoisotopic (exact) mass is 750 g/mol. The van der Waals surface area contributed by atoms with Gasteiger partial charge in [-0.15, -0.1) is 15.0 Å². The number of nitrogens with zero attached hydrogens (tertiary/aromatic N) is 5. The molecule has 1 aliphatic rings. The molecule has 7 aromatic rings. The number of carbonyl (C=O) groups excluding carboxylic acids is 1. The third-order valence-electron chi connectivity index (χ3n) is 10.6. The lowest BCUT2D eigenvalue weighted by Gasteiger charge is -2.34. The highest BCUT2D eigenvalue weighted by Crippen LogP contribution is 2.41. The number of esters is 1. The van der Waals surface area contributed by atoms with Crippen molar-refractivity contribution in [2.75, 3.05) is 13.2 Å². The minimum absolute atomic E-state index is 0.243. The fourth-order valence-corrected chi connectivity index (χ4v) is 7.96. The molecule has 0 saturated heterocycles. The third kappa shape index (κ3) is 7.39. The molecule has 0 spiro atoms. The Labute approximate surface area is 334 Å². The molecule has 284 valence electrons. The lowest BCUT2D eigenvalue weighted by atomic mass is 9.77. The molecule has 0 bridgehead atoms. The molecule has 0 fully saturated rings. The molecule has 1 aromatic heterocycles. The maximum absolute atomic E-state index is 13.6. The number of hydrogen-bond acceptors (Lipinski definition) is 7. The predicted octanol–water partition coefficient (Wildman–Crippen LogP) is 9.35. The van der Waals surface area contributed by atoms with Crippen molar-refractivity contribution < 1.29 is 9.53 Å². The maximum atomic E-state index is 13.6. The Morgan fingerprint density at radius 3 is 1.77 bits per heavy atom. The summed E-state index contributed by atoms with van der Waals surface area (Å²) in [6, 6.07) is 57.7. The smallest absolute Gasteiger partial charge is 0.337 e. The number of tetrazole rings is 1. The van der Waals surface area contributed by atoms with Gasteiger partial charge in [0.2, 0.25) is 5.82 Å². The standard InChI is InChI=1S/C49H46N6O2/c1-3-5-34-54-46(38-20-10-6-11-21-38)45(48(56)57-4-2)44(51-54)35-36-30-32-37(33-31-36)42-28-18-19-29-43(42)47-50-53-55(52-47)49(39-22-12-7-13-23-39,40-24-14-8-15-25-40)41-26-16-9-17-27-41/h6-33,44,51H,3-5,34-35H2,1-2H3. The van der Waals surface area contributed by atoms with Crippen molar-refractivity contribution in [3.8, 4) is 22.5 Å². The number of aromatic nitrogens is 4. The zero-order valence-corrected chi connectivity index (χ0v) is 32.3. The Hall–Kier alpha value is -6.64. The molecule has 1 N–H and O–H groups in total. The minimum Gasteiger partial charge on any atom is -0.463 e. The quantitative estimate of drug-likeness (QED) is 0.0876. The normalized spacial score (nSPS) is 14.2. The van der Waals surface area contributed by atoms with E-state index in [1.165, 1.54) is 0 Å². The van der Waals surface area contributed by atoms with Gasteiger partial charge >= 0.3 is 5.97 Å². The summed E-state index contributed by atoms with van der Waals surface area (Å²) >= 11 is 0. The molecule has 2 heterocycles. The van der Waals surface area contributed by atoms with Gasteiger partial charge in [-0.2, -0.15) is 0 Å². The molecular weight excluding hydrogens is 705 g/mol. The molecule has 1 unspecified atom stereocenters. The van der Waals surface area contributed by atoms with Crippen LogP contribution in [0.25, 0.3) is 28.2 Å². The second-order valence-electron chi connectivity index (χ2n) is 14.2. The number of rotatable bonds is 14. The van der Waals surface area contributed by atoms with E-state index in [1.54, 1.807) is 4.80 Å². The zero-order chi connectivity index (χ0) is 39.0. The number of unbranched alkanes of at least 4 members (excludes halogenated alkanes) is 1. The van der Waals surface area contributed by atoms with Crippen LogP contribution in [-0.4, -0.2) is 50.4 Å². The van der Waals surface area contributed by atoms with Gasteiger partial charge in [0.1, 0.15) is 0 Å². The van der Waals surface area contributed by atoms with Crippen LogP contribution in [0.15, 0.2) is 175 Å². The Morgan fingerprint density at radius 1 is 0.667 bits per heavy atom. The maximum Gasteiger partial charge on any atom is 0.337 e. The molecule has 1 atom stereocenters. The van der Waals surface area contributed by atoms with Crippen LogP contribution in [0.5, 0.6) is 0 Å². The van der Waals surface area contributed by atoms with Crippen LogP contribution in [0, 0.1) is 0 Å². The summed E-state index contributed by atoms with van der Waals surface area (Å²) in [5.74, 6) is 0.247. The van der Waals surface area contributed by atoms with Gasteiger partial charge in [0.25, 0.3) is 0 Å². The van der Waals surface area contributed by atoms with Gasteiger partial charge in [0.15, 0.2) is 5.54 Å². The summed E-state index contributed by atoms with van der Waals surface area (Å²) in [6.07, 6.45) is 2.66. The van der Waals surface area contributed by atoms with Crippen LogP contribution < -0.4 is 5.43 Å². The number of hydrazine groups is 1. The number of benzene rings is 6. The molecule has 8 nitrogen and oxygen atoms in total. The van der Waals surface area contributed by atoms with E-state index in [1.807, 2.05) is 91.9 Å². The van der Waals surface area contributed by atoms with Crippen molar-refractivity contribution in [1.29, 1.82) is 0 Å². The molecular formula is C49H46N6O2. The highest BCUT2D eigenvalue weighted by molar-refractivity contribution is 5.99. The fraction of sp³-hybridized carbons (Fsp3) is 0.184. The van der Waals surface area contributed by atoms with Crippen LogP contribution in [0.1, 0.15) is 54.5 Å². The van der Waals surface area contributed by atoms with Gasteiger partial charge in [0.05, 0.1) is 23.9 Å². The average Bonchev–Trinajstić information content (AvgIpc) is 3.91. The predicted molar refractivity (Wildman–Crippen MR) is 226 cm³/mol. The van der Waals surface area contributed by atoms with Gasteiger partial charge in [-0.1, -0.05) is 183 Å². The van der Waals surface area contributed by atoms with Crippen molar-refractivity contribution in [3.63, 3.8) is 0 Å². The summed E-state index contributed by atoms with van der Waals surface area (Å²) < 4.78 is 5.65. The second kappa shape index (κ2) is 17.0. The van der Waals surface area contributed by atoms with Crippen LogP contribution in [-0.2, 0) is 21.5 Å². The van der Waals surface area contributed by atoms with Crippen LogP contribution in [0.4, 0.5) is 0 Å². The molecule has 0 radical (unpaired) electrons. The number of hydrogen-bond donors (Lipinski definition) is 1. The second-order valence-corrected chi connectivity index (χ2v) is 14.2. The first-order chi connectivity index (χ1) is 28.1. The number of carbonyl (C=O) groups is 1. The third-order valence-corrected chi connectivity index (χ3v) is 10.6. The van der Waals surface area contributed by atoms with E-state index in [4.69, 9.17) is 20.1 Å². The Balaban J connectivity index is 1.14. The van der Waals surface area contributed by atoms with E-state index in [9.17, 15) is 4.79 Å². The molecule has 8 rings (SSSR count). The summed E-state index contributed by atoms with van der Waals surface area (Å²) in [5, 5.41) is 16.9. The van der Waals surface area contributed by atoms with Gasteiger partial charge in [-0.3, -0.25) is 0 Å². The lowest BCUT2D eigenvalue weighted by Crippen LogP contribution is -2.39. The minimum atomic E-state index is -0.872. The Bertz CT molecular complexity index is 2330. The molecule has 0 saturated carbocycles. The molecule has 0 amide bonds. The van der Waals surface area contributed by atoms with E-state index in [0.717, 1.165) is 69.6 Å². The van der Waals surface area contributed by atoms with Crippen molar-refractivity contribution >= 4 is 11.7 Å². The van der Waals surface area contributed by atoms with Crippen LogP contribution in [0.3, 0.4) is 0 Å². The van der Waals surface area contributed by atoms with Gasteiger partial charge in [0, 0.05) is 12.1 Å². The van der Waals surface area contributed by atoms with Gasteiger partial charge in [-0.25, -0.2) is 10.2 Å². The van der Waals surface area contributed by atoms with Crippen molar-refractivity contribution in [2.24, 2.45) is 0 Å². The van der Waals surface area contributed by atoms with E-state index in [0.29, 0.717) is 24.4 Å². The average molecular weight is 751 g/mol. The fourth-order valence-electron chi connectivity index (χ4n) is 7.96. The highest BCUT2D eigenvalue weighted by Gasteiger charge is 2.41. The molecule has 6 aromatic carbocycles. The Morgan fingerprint density at radius 2 is 1.21 bits per heavy atom. The van der Waals surface area contributed by atoms with E-state index in [2.05, 4.69) is 102 Å². The summed E-state index contributed by atoms with van der Waals surface area (Å²) in [5.41, 5.74) is 12.4. The van der Waals surface area contributed by atoms with E-state index < -0.39 is 5.54 Å². The molecule has 57 heavy (non-hydrogen) atoms. The molecule has 0 aliphatic carbocycles. The number of nitrogens with one attached hydrogen (secondary N) is 1. The van der Waals surface area contributed by atoms with Crippen LogP contribution in [0.2, 0.25) is 0 Å². The van der Waals surface area contributed by atoms with Crippen molar-refractivity contribution in [2.45, 2.75) is 44.7 Å². The van der Waals surface area contributed by atoms with Gasteiger partial charge in [-0.05, 0) is 63.9 Å². The lowest BCUT2D eigenvalue weighted by molar-refractivity contribution is -0.138. The number of ether oxygens (including phenoxy) is 1.